The third-order valence-corrected chi connectivity index (χ3v) is 5.19. The summed E-state index contributed by atoms with van der Waals surface area (Å²) in [7, 11) is 0. The predicted molar refractivity (Wildman–Crippen MR) is 89.6 cm³/mol. The van der Waals surface area contributed by atoms with E-state index in [9.17, 15) is 0 Å². The first kappa shape index (κ1) is 13.9. The van der Waals surface area contributed by atoms with Crippen LogP contribution in [0.1, 0.15) is 28.7 Å². The standard InChI is InChI=1S/C19H21Br/c20-14-17(11-15-5-2-1-3-6-15)12-16-9-10-18-7-4-8-19(18)13-16/h1-3,5-6,9-10,13,17H,4,7-8,11-12,14H2. The van der Waals surface area contributed by atoms with Crippen LogP contribution in [0.25, 0.3) is 0 Å². The molecular weight excluding hydrogens is 308 g/mol. The summed E-state index contributed by atoms with van der Waals surface area (Å²) in [6.07, 6.45) is 6.23. The number of fused-ring (bicyclic) bond motifs is 1. The first-order valence-corrected chi connectivity index (χ1v) is 8.68. The summed E-state index contributed by atoms with van der Waals surface area (Å²) in [5.41, 5.74) is 6.12. The summed E-state index contributed by atoms with van der Waals surface area (Å²) in [5.74, 6) is 0.678. The molecule has 0 aliphatic heterocycles. The molecule has 0 fully saturated rings. The zero-order chi connectivity index (χ0) is 13.8. The molecule has 0 amide bonds. The van der Waals surface area contributed by atoms with Crippen molar-refractivity contribution in [3.8, 4) is 0 Å². The summed E-state index contributed by atoms with van der Waals surface area (Å²) in [4.78, 5) is 0. The highest BCUT2D eigenvalue weighted by Gasteiger charge is 2.13. The van der Waals surface area contributed by atoms with Crippen molar-refractivity contribution in [2.75, 3.05) is 5.33 Å². The Morgan fingerprint density at radius 2 is 1.60 bits per heavy atom. The number of hydrogen-bond donors (Lipinski definition) is 0. The molecule has 0 spiro atoms. The van der Waals surface area contributed by atoms with Gasteiger partial charge in [-0.1, -0.05) is 64.5 Å². The number of halogens is 1. The van der Waals surface area contributed by atoms with Gasteiger partial charge in [0.15, 0.2) is 0 Å². The summed E-state index contributed by atoms with van der Waals surface area (Å²) in [5, 5.41) is 1.07. The first-order valence-electron chi connectivity index (χ1n) is 7.55. The molecule has 2 aromatic carbocycles. The van der Waals surface area contributed by atoms with Crippen molar-refractivity contribution < 1.29 is 0 Å². The van der Waals surface area contributed by atoms with Crippen molar-refractivity contribution in [2.45, 2.75) is 32.1 Å². The lowest BCUT2D eigenvalue weighted by atomic mass is 9.93. The Morgan fingerprint density at radius 1 is 0.850 bits per heavy atom. The second-order valence-corrected chi connectivity index (χ2v) is 6.52. The monoisotopic (exact) mass is 328 g/mol. The van der Waals surface area contributed by atoms with Crippen molar-refractivity contribution >= 4 is 15.9 Å². The fraction of sp³-hybridized carbons (Fsp3) is 0.368. The summed E-state index contributed by atoms with van der Waals surface area (Å²) in [6, 6.07) is 18.0. The fourth-order valence-electron chi connectivity index (χ4n) is 3.21. The molecule has 0 bridgehead atoms. The molecule has 0 saturated carbocycles. The van der Waals surface area contributed by atoms with E-state index in [1.165, 1.54) is 36.8 Å². The Kier molecular flexibility index (Phi) is 4.57. The van der Waals surface area contributed by atoms with Gasteiger partial charge in [-0.25, -0.2) is 0 Å². The highest BCUT2D eigenvalue weighted by atomic mass is 79.9. The average Bonchev–Trinajstić information content (AvgIpc) is 2.95. The largest absolute Gasteiger partial charge is 0.0925 e. The molecule has 1 aliphatic rings. The molecule has 0 radical (unpaired) electrons. The third kappa shape index (κ3) is 3.32. The van der Waals surface area contributed by atoms with Gasteiger partial charge in [0.2, 0.25) is 0 Å². The van der Waals surface area contributed by atoms with Gasteiger partial charge in [0.25, 0.3) is 0 Å². The van der Waals surface area contributed by atoms with E-state index in [0.29, 0.717) is 5.92 Å². The number of alkyl halides is 1. The zero-order valence-corrected chi connectivity index (χ0v) is 13.4. The van der Waals surface area contributed by atoms with Crippen LogP contribution in [0.3, 0.4) is 0 Å². The van der Waals surface area contributed by atoms with Gasteiger partial charge in [-0.3, -0.25) is 0 Å². The van der Waals surface area contributed by atoms with Gasteiger partial charge in [-0.15, -0.1) is 0 Å². The van der Waals surface area contributed by atoms with E-state index in [1.807, 2.05) is 0 Å². The van der Waals surface area contributed by atoms with Gasteiger partial charge >= 0.3 is 0 Å². The summed E-state index contributed by atoms with van der Waals surface area (Å²) in [6.45, 7) is 0. The Hall–Kier alpha value is -1.08. The van der Waals surface area contributed by atoms with Crippen LogP contribution in [0.2, 0.25) is 0 Å². The summed E-state index contributed by atoms with van der Waals surface area (Å²) < 4.78 is 0. The maximum atomic E-state index is 3.69. The Balaban J connectivity index is 1.68. The topological polar surface area (TPSA) is 0 Å². The smallest absolute Gasteiger partial charge is 0.00660 e. The van der Waals surface area contributed by atoms with Crippen molar-refractivity contribution in [1.82, 2.24) is 0 Å². The van der Waals surface area contributed by atoms with Gasteiger partial charge in [0, 0.05) is 5.33 Å². The van der Waals surface area contributed by atoms with Gasteiger partial charge in [-0.2, -0.15) is 0 Å². The van der Waals surface area contributed by atoms with Crippen LogP contribution in [0.15, 0.2) is 48.5 Å². The zero-order valence-electron chi connectivity index (χ0n) is 11.8. The maximum Gasteiger partial charge on any atom is 0.00660 e. The maximum absolute atomic E-state index is 3.69. The molecule has 104 valence electrons. The Labute approximate surface area is 130 Å². The van der Waals surface area contributed by atoms with Crippen LogP contribution in [0, 0.1) is 5.92 Å². The minimum absolute atomic E-state index is 0.678. The fourth-order valence-corrected chi connectivity index (χ4v) is 3.67. The minimum atomic E-state index is 0.678. The van der Waals surface area contributed by atoms with Gasteiger partial charge < -0.3 is 0 Å². The Bertz CT molecular complexity index is 559. The SMILES string of the molecule is BrCC(Cc1ccccc1)Cc1ccc2c(c1)CCC2. The molecule has 0 nitrogen and oxygen atoms in total. The molecule has 0 aromatic heterocycles. The second-order valence-electron chi connectivity index (χ2n) is 5.87. The molecule has 1 aliphatic carbocycles. The van der Waals surface area contributed by atoms with Gasteiger partial charge in [0.05, 0.1) is 0 Å². The number of aryl methyl sites for hydroxylation is 2. The molecule has 0 saturated heterocycles. The lowest BCUT2D eigenvalue weighted by Gasteiger charge is -2.15. The highest BCUT2D eigenvalue weighted by Crippen LogP contribution is 2.25. The highest BCUT2D eigenvalue weighted by molar-refractivity contribution is 9.09. The van der Waals surface area contributed by atoms with E-state index in [4.69, 9.17) is 0 Å². The lowest BCUT2D eigenvalue weighted by Crippen LogP contribution is -2.10. The van der Waals surface area contributed by atoms with E-state index in [0.717, 1.165) is 11.8 Å². The molecule has 1 atom stereocenters. The van der Waals surface area contributed by atoms with E-state index in [2.05, 4.69) is 64.5 Å². The first-order chi connectivity index (χ1) is 9.85. The number of benzene rings is 2. The van der Waals surface area contributed by atoms with E-state index in [-0.39, 0.29) is 0 Å². The normalized spacial score (nSPS) is 15.1. The van der Waals surface area contributed by atoms with Crippen molar-refractivity contribution in [2.24, 2.45) is 5.92 Å². The molecule has 0 heterocycles. The van der Waals surface area contributed by atoms with Crippen molar-refractivity contribution in [3.63, 3.8) is 0 Å². The van der Waals surface area contributed by atoms with Crippen LogP contribution in [-0.4, -0.2) is 5.33 Å². The van der Waals surface area contributed by atoms with E-state index >= 15 is 0 Å². The molecule has 1 heteroatoms. The molecule has 2 aromatic rings. The van der Waals surface area contributed by atoms with Crippen molar-refractivity contribution in [3.05, 3.63) is 70.8 Å². The number of hydrogen-bond acceptors (Lipinski definition) is 0. The second kappa shape index (κ2) is 6.58. The number of rotatable bonds is 5. The molecular formula is C19H21Br. The molecule has 0 N–H and O–H groups in total. The van der Waals surface area contributed by atoms with E-state index in [1.54, 1.807) is 11.1 Å². The Morgan fingerprint density at radius 3 is 2.40 bits per heavy atom. The van der Waals surface area contributed by atoms with Gasteiger partial charge in [-0.05, 0) is 60.3 Å². The molecule has 1 unspecified atom stereocenters. The molecule has 3 rings (SSSR count). The van der Waals surface area contributed by atoms with Crippen LogP contribution in [0.5, 0.6) is 0 Å². The van der Waals surface area contributed by atoms with Crippen LogP contribution in [-0.2, 0) is 25.7 Å². The van der Waals surface area contributed by atoms with Crippen LogP contribution >= 0.6 is 15.9 Å². The summed E-state index contributed by atoms with van der Waals surface area (Å²) >= 11 is 3.69. The average molecular weight is 329 g/mol. The van der Waals surface area contributed by atoms with Crippen LogP contribution < -0.4 is 0 Å². The van der Waals surface area contributed by atoms with E-state index < -0.39 is 0 Å². The predicted octanol–water partition coefficient (Wildman–Crippen LogP) is 4.97. The molecule has 20 heavy (non-hydrogen) atoms. The third-order valence-electron chi connectivity index (χ3n) is 4.27. The van der Waals surface area contributed by atoms with Crippen LogP contribution in [0.4, 0.5) is 0 Å². The quantitative estimate of drug-likeness (QED) is 0.679. The van der Waals surface area contributed by atoms with Crippen molar-refractivity contribution in [1.29, 1.82) is 0 Å². The van der Waals surface area contributed by atoms with Gasteiger partial charge in [0.1, 0.15) is 0 Å². The lowest BCUT2D eigenvalue weighted by molar-refractivity contribution is 0.591. The minimum Gasteiger partial charge on any atom is -0.0925 e.